The number of unbranched alkanes of at least 4 members (excludes halogenated alkanes) is 3. The molecule has 10 heteroatoms. The SMILES string of the molecule is Nc1cc(N)nc(SCCCCCCSc2nc(N)cc(N)n2)n1. The van der Waals surface area contributed by atoms with Crippen molar-refractivity contribution in [1.82, 2.24) is 19.9 Å². The van der Waals surface area contributed by atoms with Crippen molar-refractivity contribution in [2.75, 3.05) is 34.4 Å². The fourth-order valence-electron chi connectivity index (χ4n) is 1.94. The Morgan fingerprint density at radius 3 is 1.25 bits per heavy atom. The molecule has 8 nitrogen and oxygen atoms in total. The van der Waals surface area contributed by atoms with E-state index in [-0.39, 0.29) is 0 Å². The van der Waals surface area contributed by atoms with Crippen molar-refractivity contribution < 1.29 is 0 Å². The largest absolute Gasteiger partial charge is 0.383 e. The summed E-state index contributed by atoms with van der Waals surface area (Å²) in [5, 5.41) is 1.28. The maximum absolute atomic E-state index is 5.64. The molecule has 0 fully saturated rings. The van der Waals surface area contributed by atoms with Crippen molar-refractivity contribution in [2.45, 2.75) is 36.0 Å². The summed E-state index contributed by atoms with van der Waals surface area (Å²) in [5.41, 5.74) is 22.6. The minimum absolute atomic E-state index is 0.409. The van der Waals surface area contributed by atoms with E-state index in [9.17, 15) is 0 Å². The van der Waals surface area contributed by atoms with E-state index in [0.717, 1.165) is 37.2 Å². The lowest BCUT2D eigenvalue weighted by Gasteiger charge is -2.04. The molecule has 8 N–H and O–H groups in total. The molecule has 0 bridgehead atoms. The average Bonchev–Trinajstić information content (AvgIpc) is 2.48. The zero-order valence-electron chi connectivity index (χ0n) is 13.3. The predicted molar refractivity (Wildman–Crippen MR) is 102 cm³/mol. The molecule has 2 heterocycles. The molecule has 0 spiro atoms. The standard InChI is InChI=1S/C14H22N8S2/c15-9-7-10(16)20-13(19-9)23-5-3-1-2-4-6-24-14-21-11(17)8-12(18)22-14/h7-8H,1-6H2,(H4,15,16,19,20)(H4,17,18,21,22). The molecule has 24 heavy (non-hydrogen) atoms. The highest BCUT2D eigenvalue weighted by atomic mass is 32.2. The Morgan fingerprint density at radius 1 is 0.583 bits per heavy atom. The predicted octanol–water partition coefficient (Wildman–Crippen LogP) is 2.04. The average molecular weight is 367 g/mol. The molecule has 0 aliphatic rings. The van der Waals surface area contributed by atoms with Gasteiger partial charge in [0.1, 0.15) is 23.3 Å². The van der Waals surface area contributed by atoms with E-state index in [4.69, 9.17) is 22.9 Å². The number of anilines is 4. The Labute approximate surface area is 149 Å². The van der Waals surface area contributed by atoms with Gasteiger partial charge in [-0.25, -0.2) is 19.9 Å². The van der Waals surface area contributed by atoms with Gasteiger partial charge in [-0.15, -0.1) is 0 Å². The highest BCUT2D eigenvalue weighted by molar-refractivity contribution is 7.99. The number of thioether (sulfide) groups is 2. The third-order valence-electron chi connectivity index (χ3n) is 2.99. The Morgan fingerprint density at radius 2 is 0.917 bits per heavy atom. The molecule has 2 rings (SSSR count). The van der Waals surface area contributed by atoms with Crippen LogP contribution in [0.25, 0.3) is 0 Å². The minimum Gasteiger partial charge on any atom is -0.383 e. The van der Waals surface area contributed by atoms with Gasteiger partial charge < -0.3 is 22.9 Å². The summed E-state index contributed by atoms with van der Waals surface area (Å²) < 4.78 is 0. The second-order valence-electron chi connectivity index (χ2n) is 5.11. The third kappa shape index (κ3) is 6.67. The van der Waals surface area contributed by atoms with E-state index in [1.165, 1.54) is 0 Å². The monoisotopic (exact) mass is 366 g/mol. The molecule has 2 aromatic rings. The van der Waals surface area contributed by atoms with Crippen LogP contribution in [0, 0.1) is 0 Å². The first-order valence-corrected chi connectivity index (χ1v) is 9.56. The molecule has 0 saturated heterocycles. The van der Waals surface area contributed by atoms with Crippen molar-refractivity contribution >= 4 is 46.8 Å². The topological polar surface area (TPSA) is 156 Å². The number of nitrogens with zero attached hydrogens (tertiary/aromatic N) is 4. The Kier molecular flexibility index (Phi) is 7.19. The summed E-state index contributed by atoms with van der Waals surface area (Å²) in [6.45, 7) is 0. The maximum Gasteiger partial charge on any atom is 0.191 e. The molecule has 0 aromatic carbocycles. The number of nitrogen functional groups attached to an aromatic ring is 4. The maximum atomic E-state index is 5.64. The van der Waals surface area contributed by atoms with Gasteiger partial charge >= 0.3 is 0 Å². The summed E-state index contributed by atoms with van der Waals surface area (Å²) in [6.07, 6.45) is 4.47. The van der Waals surface area contributed by atoms with Gasteiger partial charge in [0.15, 0.2) is 10.3 Å². The van der Waals surface area contributed by atoms with Crippen LogP contribution in [-0.2, 0) is 0 Å². The molecule has 0 aliphatic carbocycles. The fourth-order valence-corrected chi connectivity index (χ4v) is 3.68. The van der Waals surface area contributed by atoms with Gasteiger partial charge in [0.25, 0.3) is 0 Å². The van der Waals surface area contributed by atoms with Crippen molar-refractivity contribution in [3.63, 3.8) is 0 Å². The highest BCUT2D eigenvalue weighted by Crippen LogP contribution is 2.20. The number of hydrogen-bond donors (Lipinski definition) is 4. The van der Waals surface area contributed by atoms with E-state index >= 15 is 0 Å². The smallest absolute Gasteiger partial charge is 0.191 e. The van der Waals surface area contributed by atoms with Crippen LogP contribution in [0.2, 0.25) is 0 Å². The van der Waals surface area contributed by atoms with Crippen molar-refractivity contribution in [3.8, 4) is 0 Å². The quantitative estimate of drug-likeness (QED) is 0.294. The number of aromatic nitrogens is 4. The van der Waals surface area contributed by atoms with Gasteiger partial charge in [-0.3, -0.25) is 0 Å². The van der Waals surface area contributed by atoms with Crippen LogP contribution in [0.3, 0.4) is 0 Å². The Hall–Kier alpha value is -1.94. The normalized spacial score (nSPS) is 10.8. The zero-order valence-corrected chi connectivity index (χ0v) is 14.9. The first kappa shape index (κ1) is 18.4. The second kappa shape index (κ2) is 9.38. The van der Waals surface area contributed by atoms with E-state index in [0.29, 0.717) is 33.6 Å². The fraction of sp³-hybridized carbons (Fsp3) is 0.429. The molecule has 0 unspecified atom stereocenters. The van der Waals surface area contributed by atoms with Crippen LogP contribution in [-0.4, -0.2) is 31.4 Å². The van der Waals surface area contributed by atoms with E-state index in [2.05, 4.69) is 19.9 Å². The molecule has 2 aromatic heterocycles. The lowest BCUT2D eigenvalue weighted by molar-refractivity contribution is 0.710. The third-order valence-corrected chi connectivity index (χ3v) is 4.86. The van der Waals surface area contributed by atoms with Gasteiger partial charge in [-0.1, -0.05) is 36.4 Å². The van der Waals surface area contributed by atoms with Gasteiger partial charge in [0.05, 0.1) is 0 Å². The number of hydrogen-bond acceptors (Lipinski definition) is 10. The van der Waals surface area contributed by atoms with Gasteiger partial charge in [-0.2, -0.15) is 0 Å². The highest BCUT2D eigenvalue weighted by Gasteiger charge is 2.03. The molecule has 0 aliphatic heterocycles. The van der Waals surface area contributed by atoms with E-state index in [1.807, 2.05) is 0 Å². The molecule has 130 valence electrons. The zero-order chi connectivity index (χ0) is 17.4. The van der Waals surface area contributed by atoms with Gasteiger partial charge in [-0.05, 0) is 12.8 Å². The van der Waals surface area contributed by atoms with Gasteiger partial charge in [0.2, 0.25) is 0 Å². The Bertz CT molecular complexity index is 569. The lowest BCUT2D eigenvalue weighted by Crippen LogP contribution is -1.99. The van der Waals surface area contributed by atoms with Crippen LogP contribution in [0.5, 0.6) is 0 Å². The van der Waals surface area contributed by atoms with E-state index in [1.54, 1.807) is 35.7 Å². The summed E-state index contributed by atoms with van der Waals surface area (Å²) in [4.78, 5) is 16.6. The van der Waals surface area contributed by atoms with Crippen molar-refractivity contribution in [1.29, 1.82) is 0 Å². The molecule has 0 saturated carbocycles. The van der Waals surface area contributed by atoms with Crippen LogP contribution in [0.15, 0.2) is 22.4 Å². The van der Waals surface area contributed by atoms with Crippen LogP contribution in [0.1, 0.15) is 25.7 Å². The summed E-state index contributed by atoms with van der Waals surface area (Å²) >= 11 is 3.15. The summed E-state index contributed by atoms with van der Waals surface area (Å²) in [7, 11) is 0. The molecule has 0 radical (unpaired) electrons. The van der Waals surface area contributed by atoms with Crippen LogP contribution < -0.4 is 22.9 Å². The van der Waals surface area contributed by atoms with E-state index < -0.39 is 0 Å². The summed E-state index contributed by atoms with van der Waals surface area (Å²) in [5.74, 6) is 3.53. The minimum atomic E-state index is 0.409. The second-order valence-corrected chi connectivity index (χ2v) is 7.24. The number of rotatable bonds is 9. The van der Waals surface area contributed by atoms with Crippen LogP contribution >= 0.6 is 23.5 Å². The van der Waals surface area contributed by atoms with Gasteiger partial charge in [0, 0.05) is 23.6 Å². The molecular weight excluding hydrogens is 344 g/mol. The first-order chi connectivity index (χ1) is 11.5. The number of nitrogens with two attached hydrogens (primary N) is 4. The van der Waals surface area contributed by atoms with Crippen LogP contribution in [0.4, 0.5) is 23.3 Å². The summed E-state index contributed by atoms with van der Waals surface area (Å²) in [6, 6.07) is 3.11. The first-order valence-electron chi connectivity index (χ1n) is 7.58. The molecule has 0 amide bonds. The Balaban J connectivity index is 1.55. The molecule has 0 atom stereocenters. The lowest BCUT2D eigenvalue weighted by atomic mass is 10.2. The van der Waals surface area contributed by atoms with Crippen molar-refractivity contribution in [3.05, 3.63) is 12.1 Å². The van der Waals surface area contributed by atoms with Crippen molar-refractivity contribution in [2.24, 2.45) is 0 Å². The molecular formula is C14H22N8S2.